The van der Waals surface area contributed by atoms with Crippen LogP contribution in [0.2, 0.25) is 0 Å². The number of alkyl halides is 3. The minimum atomic E-state index is -4.66. The number of hydrogen-bond acceptors (Lipinski definition) is 3. The van der Waals surface area contributed by atoms with Crippen molar-refractivity contribution in [1.82, 2.24) is 5.32 Å². The molecule has 3 rings (SSSR count). The Kier molecular flexibility index (Phi) is 6.10. The Bertz CT molecular complexity index is 1110. The summed E-state index contributed by atoms with van der Waals surface area (Å²) in [7, 11) is 0. The molecule has 2 aromatic rings. The second-order valence-electron chi connectivity index (χ2n) is 9.72. The van der Waals surface area contributed by atoms with Crippen molar-refractivity contribution >= 4 is 11.5 Å². The van der Waals surface area contributed by atoms with Crippen LogP contribution in [-0.2, 0) is 6.18 Å². The molecule has 0 spiro atoms. The Morgan fingerprint density at radius 2 is 1.61 bits per heavy atom. The normalized spacial score (nSPS) is 20.8. The summed E-state index contributed by atoms with van der Waals surface area (Å²) in [6, 6.07) is 11.8. The molecule has 2 aromatic carbocycles. The zero-order valence-corrected chi connectivity index (χ0v) is 19.3. The first-order valence-electron chi connectivity index (χ1n) is 10.5. The smallest absolute Gasteiger partial charge is 0.417 e. The molecule has 1 aliphatic carbocycles. The van der Waals surface area contributed by atoms with Crippen molar-refractivity contribution in [2.45, 2.75) is 52.9 Å². The Hall–Kier alpha value is -3.27. The van der Waals surface area contributed by atoms with Gasteiger partial charge in [-0.1, -0.05) is 52.0 Å². The number of carbonyl (C=O) groups excluding carboxylic acids is 1. The van der Waals surface area contributed by atoms with Gasteiger partial charge in [0.1, 0.15) is 11.9 Å². The molecule has 33 heavy (non-hydrogen) atoms. The van der Waals surface area contributed by atoms with Crippen LogP contribution in [0.4, 0.5) is 13.2 Å². The lowest BCUT2D eigenvalue weighted by atomic mass is 9.49. The molecule has 0 atom stereocenters. The summed E-state index contributed by atoms with van der Waals surface area (Å²) in [5.74, 6) is -0.196. The van der Waals surface area contributed by atoms with Gasteiger partial charge in [0.15, 0.2) is 0 Å². The highest BCUT2D eigenvalue weighted by Crippen LogP contribution is 2.55. The number of allylic oxidation sites excluding steroid dienone is 1. The molecule has 1 N–H and O–H groups in total. The van der Waals surface area contributed by atoms with Gasteiger partial charge in [-0.2, -0.15) is 18.4 Å². The van der Waals surface area contributed by atoms with E-state index in [1.807, 2.05) is 46.8 Å². The van der Waals surface area contributed by atoms with Gasteiger partial charge in [0.25, 0.3) is 5.91 Å². The van der Waals surface area contributed by atoms with Crippen molar-refractivity contribution in [3.63, 3.8) is 0 Å². The van der Waals surface area contributed by atoms with E-state index in [9.17, 15) is 18.0 Å². The number of carbonyl (C=O) groups is 1. The molecule has 7 heteroatoms. The molecule has 0 aliphatic heterocycles. The van der Waals surface area contributed by atoms with Crippen LogP contribution < -0.4 is 10.1 Å². The minimum absolute atomic E-state index is 0.0348. The standard InChI is InChI=1S/C26H27F3N2O2/c1-15(2)16-7-9-17(10-8-16)21(32)31-22-24(3,4)23(25(22,5)6)33-19-12-11-18(14-30)20(13-19)26(27,28)29/h7-13,22-23H,1H2,2-6H3,(H,31,32). The summed E-state index contributed by atoms with van der Waals surface area (Å²) in [6.45, 7) is 13.4. The van der Waals surface area contributed by atoms with Crippen LogP contribution in [0, 0.1) is 22.2 Å². The predicted molar refractivity (Wildman–Crippen MR) is 121 cm³/mol. The molecule has 1 saturated carbocycles. The lowest BCUT2D eigenvalue weighted by Crippen LogP contribution is -2.74. The van der Waals surface area contributed by atoms with Gasteiger partial charge in [-0.25, -0.2) is 0 Å². The monoisotopic (exact) mass is 456 g/mol. The summed E-state index contributed by atoms with van der Waals surface area (Å²) < 4.78 is 46.0. The largest absolute Gasteiger partial charge is 0.489 e. The van der Waals surface area contributed by atoms with Crippen LogP contribution >= 0.6 is 0 Å². The van der Waals surface area contributed by atoms with E-state index in [0.717, 1.165) is 23.3 Å². The molecule has 0 radical (unpaired) electrons. The van der Waals surface area contributed by atoms with E-state index in [1.165, 1.54) is 6.07 Å². The van der Waals surface area contributed by atoms with Gasteiger partial charge < -0.3 is 10.1 Å². The number of rotatable bonds is 5. The fourth-order valence-electron chi connectivity index (χ4n) is 4.99. The van der Waals surface area contributed by atoms with Crippen molar-refractivity contribution < 1.29 is 22.7 Å². The van der Waals surface area contributed by atoms with Crippen molar-refractivity contribution in [2.75, 3.05) is 0 Å². The van der Waals surface area contributed by atoms with Crippen LogP contribution in [-0.4, -0.2) is 18.1 Å². The molecule has 0 bridgehead atoms. The van der Waals surface area contributed by atoms with Crippen molar-refractivity contribution in [1.29, 1.82) is 5.26 Å². The maximum absolute atomic E-state index is 13.3. The van der Waals surface area contributed by atoms with E-state index in [2.05, 4.69) is 11.9 Å². The SMILES string of the molecule is C=C(C)c1ccc(C(=O)NC2C(C)(C)C(Oc3ccc(C#N)c(C(F)(F)F)c3)C2(C)C)cc1. The fraction of sp³-hybridized carbons (Fsp3) is 0.385. The first kappa shape index (κ1) is 24.4. The highest BCUT2D eigenvalue weighted by molar-refractivity contribution is 5.95. The average Bonchev–Trinajstić information content (AvgIpc) is 2.74. The molecule has 1 aliphatic rings. The number of nitriles is 1. The fourth-order valence-corrected chi connectivity index (χ4v) is 4.99. The van der Waals surface area contributed by atoms with Crippen molar-refractivity contribution in [3.8, 4) is 11.8 Å². The van der Waals surface area contributed by atoms with Crippen molar-refractivity contribution in [3.05, 3.63) is 71.3 Å². The van der Waals surface area contributed by atoms with E-state index in [-0.39, 0.29) is 17.7 Å². The Labute approximate surface area is 192 Å². The highest BCUT2D eigenvalue weighted by Gasteiger charge is 2.64. The molecular weight excluding hydrogens is 429 g/mol. The molecule has 4 nitrogen and oxygen atoms in total. The molecule has 174 valence electrons. The number of ether oxygens (including phenoxy) is 1. The minimum Gasteiger partial charge on any atom is -0.489 e. The Balaban J connectivity index is 1.79. The average molecular weight is 457 g/mol. The molecule has 0 heterocycles. The van der Waals surface area contributed by atoms with Crippen LogP contribution in [0.1, 0.15) is 61.7 Å². The number of hydrogen-bond donors (Lipinski definition) is 1. The van der Waals surface area contributed by atoms with Crippen LogP contribution in [0.25, 0.3) is 5.57 Å². The van der Waals surface area contributed by atoms with Crippen molar-refractivity contribution in [2.24, 2.45) is 10.8 Å². The zero-order valence-electron chi connectivity index (χ0n) is 19.3. The van der Waals surface area contributed by atoms with Crippen LogP contribution in [0.5, 0.6) is 5.75 Å². The topological polar surface area (TPSA) is 62.1 Å². The van der Waals surface area contributed by atoms with Gasteiger partial charge in [-0.3, -0.25) is 4.79 Å². The van der Waals surface area contributed by atoms with E-state index in [0.29, 0.717) is 5.56 Å². The van der Waals surface area contributed by atoms with E-state index >= 15 is 0 Å². The van der Waals surface area contributed by atoms with Crippen LogP contribution in [0.15, 0.2) is 49.0 Å². The summed E-state index contributed by atoms with van der Waals surface area (Å²) in [4.78, 5) is 12.9. The first-order chi connectivity index (χ1) is 15.2. The molecular formula is C26H27F3N2O2. The lowest BCUT2D eigenvalue weighted by molar-refractivity contribution is -0.164. The second-order valence-corrected chi connectivity index (χ2v) is 9.72. The van der Waals surface area contributed by atoms with Gasteiger partial charge in [-0.05, 0) is 42.8 Å². The van der Waals surface area contributed by atoms with E-state index in [4.69, 9.17) is 10.00 Å². The summed E-state index contributed by atoms with van der Waals surface area (Å²) in [6.07, 6.45) is -5.12. The van der Waals surface area contributed by atoms with E-state index in [1.54, 1.807) is 18.2 Å². The number of halogens is 3. The summed E-state index contributed by atoms with van der Waals surface area (Å²) >= 11 is 0. The van der Waals surface area contributed by atoms with Gasteiger partial charge >= 0.3 is 6.18 Å². The second kappa shape index (κ2) is 8.26. The molecule has 0 aromatic heterocycles. The third kappa shape index (κ3) is 4.47. The maximum Gasteiger partial charge on any atom is 0.417 e. The maximum atomic E-state index is 13.3. The Morgan fingerprint density at radius 3 is 2.09 bits per heavy atom. The number of nitrogens with zero attached hydrogens (tertiary/aromatic N) is 1. The third-order valence-electron chi connectivity index (χ3n) is 6.43. The van der Waals surface area contributed by atoms with Gasteiger partial charge in [0, 0.05) is 22.4 Å². The highest BCUT2D eigenvalue weighted by atomic mass is 19.4. The van der Waals surface area contributed by atoms with Gasteiger partial charge in [0.05, 0.1) is 17.2 Å². The van der Waals surface area contributed by atoms with E-state index < -0.39 is 34.2 Å². The number of benzene rings is 2. The molecule has 0 saturated heterocycles. The number of nitrogens with one attached hydrogen (secondary N) is 1. The molecule has 1 amide bonds. The van der Waals surface area contributed by atoms with Gasteiger partial charge in [-0.15, -0.1) is 0 Å². The lowest BCUT2D eigenvalue weighted by Gasteiger charge is -2.63. The molecule has 1 fully saturated rings. The summed E-state index contributed by atoms with van der Waals surface area (Å²) in [5, 5.41) is 12.1. The first-order valence-corrected chi connectivity index (χ1v) is 10.5. The zero-order chi connectivity index (χ0) is 24.8. The quantitative estimate of drug-likeness (QED) is 0.581. The third-order valence-corrected chi connectivity index (χ3v) is 6.43. The Morgan fingerprint density at radius 1 is 1.06 bits per heavy atom. The predicted octanol–water partition coefficient (Wildman–Crippen LogP) is 6.22. The summed E-state index contributed by atoms with van der Waals surface area (Å²) in [5.41, 5.74) is -0.223. The van der Waals surface area contributed by atoms with Gasteiger partial charge in [0.2, 0.25) is 0 Å². The number of amides is 1. The van der Waals surface area contributed by atoms with Crippen LogP contribution in [0.3, 0.4) is 0 Å². The molecule has 0 unspecified atom stereocenters.